The molecule has 1 aromatic heterocycles. The van der Waals surface area contributed by atoms with Gasteiger partial charge in [-0.2, -0.15) is 0 Å². The van der Waals surface area contributed by atoms with Crippen molar-refractivity contribution in [1.82, 2.24) is 14.9 Å². The number of aliphatic hydroxyl groups is 2. The molecule has 2 aliphatic heterocycles. The molecule has 0 radical (unpaired) electrons. The maximum absolute atomic E-state index is 12.4. The highest BCUT2D eigenvalue weighted by Gasteiger charge is 2.52. The van der Waals surface area contributed by atoms with E-state index >= 15 is 0 Å². The molecule has 172 valence electrons. The van der Waals surface area contributed by atoms with Crippen molar-refractivity contribution >= 4 is 24.4 Å². The zero-order valence-electron chi connectivity index (χ0n) is 19.4. The Kier molecular flexibility index (Phi) is 6.95. The molecular formula is C21H35BN4O5. The molecule has 0 saturated carbocycles. The van der Waals surface area contributed by atoms with Crippen molar-refractivity contribution < 1.29 is 24.3 Å². The summed E-state index contributed by atoms with van der Waals surface area (Å²) in [5.41, 5.74) is -0.106. The first-order valence-corrected chi connectivity index (χ1v) is 11.0. The summed E-state index contributed by atoms with van der Waals surface area (Å²) in [5, 5.41) is 18.9. The molecule has 2 atom stereocenters. The zero-order valence-corrected chi connectivity index (χ0v) is 19.4. The molecule has 1 amide bonds. The Morgan fingerprint density at radius 1 is 1.26 bits per heavy atom. The summed E-state index contributed by atoms with van der Waals surface area (Å²) in [4.78, 5) is 25.3. The maximum Gasteiger partial charge on any atom is 0.498 e. The molecule has 2 N–H and O–H groups in total. The molecule has 31 heavy (non-hydrogen) atoms. The van der Waals surface area contributed by atoms with Gasteiger partial charge < -0.3 is 29.3 Å². The van der Waals surface area contributed by atoms with Gasteiger partial charge in [-0.15, -0.1) is 0 Å². The van der Waals surface area contributed by atoms with E-state index in [4.69, 9.17) is 14.4 Å². The number of hydrogen-bond acceptors (Lipinski definition) is 8. The molecule has 3 heterocycles. The average Bonchev–Trinajstić information content (AvgIpc) is 3.26. The second kappa shape index (κ2) is 9.01. The normalized spacial score (nSPS) is 23.5. The van der Waals surface area contributed by atoms with Crippen LogP contribution in [0.2, 0.25) is 0 Å². The Bertz CT molecular complexity index is 758. The number of rotatable bonds is 7. The Labute approximate surface area is 184 Å². The van der Waals surface area contributed by atoms with Gasteiger partial charge in [-0.25, -0.2) is 9.97 Å². The maximum atomic E-state index is 12.4. The molecule has 0 aliphatic carbocycles. The van der Waals surface area contributed by atoms with Crippen molar-refractivity contribution in [3.8, 4) is 0 Å². The van der Waals surface area contributed by atoms with Gasteiger partial charge in [0.15, 0.2) is 6.10 Å². The number of aliphatic hydroxyl groups excluding tert-OH is 2. The van der Waals surface area contributed by atoms with Crippen molar-refractivity contribution in [3.05, 3.63) is 12.4 Å². The molecule has 2 aliphatic rings. The van der Waals surface area contributed by atoms with Gasteiger partial charge >= 0.3 is 7.12 Å². The van der Waals surface area contributed by atoms with Crippen LogP contribution in [0.4, 0.5) is 5.95 Å². The first-order valence-electron chi connectivity index (χ1n) is 11.0. The van der Waals surface area contributed by atoms with Crippen molar-refractivity contribution in [2.45, 2.75) is 83.8 Å². The van der Waals surface area contributed by atoms with Gasteiger partial charge in [0.1, 0.15) is 0 Å². The van der Waals surface area contributed by atoms with Gasteiger partial charge in [0.05, 0.1) is 17.8 Å². The molecule has 3 rings (SSSR count). The van der Waals surface area contributed by atoms with Crippen LogP contribution in [0.25, 0.3) is 0 Å². The van der Waals surface area contributed by atoms with Gasteiger partial charge in [0.2, 0.25) is 5.95 Å². The van der Waals surface area contributed by atoms with Crippen LogP contribution in [-0.4, -0.2) is 87.2 Å². The standard InChI is InChI=1S/C21H35BN4O5/c1-14(2)26(12-16-8-7-9-25(16)18(29)17(28)13-27)19-23-10-15(11-24-19)22-30-20(3,4)21(5,6)31-22/h10-11,14,16-17,27-28H,7-9,12-13H2,1-6H3/t16-,17+/m1/s1. The number of hydrogen-bond donors (Lipinski definition) is 2. The van der Waals surface area contributed by atoms with Crippen LogP contribution < -0.4 is 10.4 Å². The number of likely N-dealkylation sites (tertiary alicyclic amines) is 1. The van der Waals surface area contributed by atoms with E-state index < -0.39 is 36.9 Å². The van der Waals surface area contributed by atoms with Crippen LogP contribution in [0.5, 0.6) is 0 Å². The molecule has 0 bridgehead atoms. The van der Waals surface area contributed by atoms with Crippen LogP contribution in [0.15, 0.2) is 12.4 Å². The molecule has 1 aromatic rings. The first kappa shape index (κ1) is 23.9. The SMILES string of the molecule is CC(C)N(C[C@H]1CCCN1C(=O)[C@@H](O)CO)c1ncc(B2OC(C)(C)C(C)(C)O2)cn1. The third-order valence-electron chi connectivity index (χ3n) is 6.59. The highest BCUT2D eigenvalue weighted by atomic mass is 16.7. The quantitative estimate of drug-likeness (QED) is 0.592. The van der Waals surface area contributed by atoms with Crippen molar-refractivity contribution in [1.29, 1.82) is 0 Å². The Hall–Kier alpha value is -1.75. The third-order valence-corrected chi connectivity index (χ3v) is 6.59. The fourth-order valence-corrected chi connectivity index (χ4v) is 3.92. The predicted molar refractivity (Wildman–Crippen MR) is 118 cm³/mol. The Morgan fingerprint density at radius 2 is 1.84 bits per heavy atom. The smallest absolute Gasteiger partial charge is 0.399 e. The van der Waals surface area contributed by atoms with E-state index in [0.29, 0.717) is 19.0 Å². The number of anilines is 1. The monoisotopic (exact) mass is 434 g/mol. The lowest BCUT2D eigenvalue weighted by Gasteiger charge is -2.34. The van der Waals surface area contributed by atoms with Crippen molar-refractivity contribution in [3.63, 3.8) is 0 Å². The fourth-order valence-electron chi connectivity index (χ4n) is 3.92. The topological polar surface area (TPSA) is 108 Å². The molecule has 9 nitrogen and oxygen atoms in total. The van der Waals surface area contributed by atoms with Crippen molar-refractivity contribution in [2.75, 3.05) is 24.6 Å². The number of carbonyl (C=O) groups excluding carboxylic acids is 1. The van der Waals surface area contributed by atoms with Crippen LogP contribution in [0, 0.1) is 0 Å². The lowest BCUT2D eigenvalue weighted by Crippen LogP contribution is -2.49. The van der Waals surface area contributed by atoms with E-state index in [9.17, 15) is 9.90 Å². The minimum absolute atomic E-state index is 0.0672. The fraction of sp³-hybridized carbons (Fsp3) is 0.762. The van der Waals surface area contributed by atoms with E-state index in [2.05, 4.69) is 28.7 Å². The van der Waals surface area contributed by atoms with Gasteiger partial charge in [-0.05, 0) is 54.4 Å². The molecule has 2 saturated heterocycles. The lowest BCUT2D eigenvalue weighted by atomic mass is 9.81. The van der Waals surface area contributed by atoms with E-state index in [1.165, 1.54) is 0 Å². The molecule has 0 spiro atoms. The zero-order chi connectivity index (χ0) is 23.0. The Balaban J connectivity index is 1.73. The van der Waals surface area contributed by atoms with Crippen LogP contribution >= 0.6 is 0 Å². The number of amides is 1. The molecule has 10 heteroatoms. The summed E-state index contributed by atoms with van der Waals surface area (Å²) >= 11 is 0. The van der Waals surface area contributed by atoms with E-state index in [1.54, 1.807) is 17.3 Å². The summed E-state index contributed by atoms with van der Waals surface area (Å²) < 4.78 is 12.1. The number of nitrogens with zero attached hydrogens (tertiary/aromatic N) is 4. The van der Waals surface area contributed by atoms with Gasteiger partial charge in [0, 0.05) is 43.0 Å². The minimum atomic E-state index is -1.37. The highest BCUT2D eigenvalue weighted by molar-refractivity contribution is 6.61. The minimum Gasteiger partial charge on any atom is -0.399 e. The molecule has 0 aromatic carbocycles. The largest absolute Gasteiger partial charge is 0.498 e. The average molecular weight is 434 g/mol. The van der Waals surface area contributed by atoms with E-state index in [1.807, 2.05) is 27.7 Å². The van der Waals surface area contributed by atoms with Gasteiger partial charge in [-0.1, -0.05) is 0 Å². The summed E-state index contributed by atoms with van der Waals surface area (Å²) in [7, 11) is -0.519. The second-order valence-electron chi connectivity index (χ2n) is 9.68. The van der Waals surface area contributed by atoms with Crippen LogP contribution in [-0.2, 0) is 14.1 Å². The van der Waals surface area contributed by atoms with Crippen LogP contribution in [0.3, 0.4) is 0 Å². The number of carbonyl (C=O) groups is 1. The van der Waals surface area contributed by atoms with Gasteiger partial charge in [0.25, 0.3) is 5.91 Å². The van der Waals surface area contributed by atoms with Crippen molar-refractivity contribution in [2.24, 2.45) is 0 Å². The predicted octanol–water partition coefficient (Wildman–Crippen LogP) is 0.335. The summed E-state index contributed by atoms with van der Waals surface area (Å²) in [6, 6.07) is 0.0467. The Morgan fingerprint density at radius 3 is 2.35 bits per heavy atom. The molecule has 0 unspecified atom stereocenters. The summed E-state index contributed by atoms with van der Waals surface area (Å²) in [6.45, 7) is 12.7. The molecule has 2 fully saturated rings. The van der Waals surface area contributed by atoms with Gasteiger partial charge in [-0.3, -0.25) is 4.79 Å². The summed E-state index contributed by atoms with van der Waals surface area (Å²) in [6.07, 6.45) is 3.78. The highest BCUT2D eigenvalue weighted by Crippen LogP contribution is 2.36. The molecular weight excluding hydrogens is 399 g/mol. The number of aromatic nitrogens is 2. The lowest BCUT2D eigenvalue weighted by molar-refractivity contribution is -0.142. The van der Waals surface area contributed by atoms with E-state index in [0.717, 1.165) is 18.3 Å². The van der Waals surface area contributed by atoms with E-state index in [-0.39, 0.29) is 12.1 Å². The first-order chi connectivity index (χ1) is 14.5. The van der Waals surface area contributed by atoms with Crippen LogP contribution in [0.1, 0.15) is 54.4 Å². The summed E-state index contributed by atoms with van der Waals surface area (Å²) in [5.74, 6) is 0.142. The second-order valence-corrected chi connectivity index (χ2v) is 9.68. The third kappa shape index (κ3) is 4.87.